The highest BCUT2D eigenvalue weighted by Gasteiger charge is 2.18. The van der Waals surface area contributed by atoms with Crippen LogP contribution in [0.5, 0.6) is 0 Å². The molecule has 0 unspecified atom stereocenters. The molecule has 0 radical (unpaired) electrons. The molecular weight excluding hydrogens is 398 g/mol. The number of nitrogens with zero attached hydrogens (tertiary/aromatic N) is 1. The molecule has 0 spiro atoms. The number of aryl methyl sites for hydroxylation is 2. The van der Waals surface area contributed by atoms with Crippen molar-refractivity contribution in [1.29, 1.82) is 0 Å². The molecule has 0 bridgehead atoms. The first-order valence-electron chi connectivity index (χ1n) is 9.60. The molecule has 142 valence electrons. The average molecular weight is 422 g/mol. The maximum Gasteiger partial charge on any atom is 0.0980 e. The largest absolute Gasteiger partial charge is 0.254 e. The summed E-state index contributed by atoms with van der Waals surface area (Å²) in [7, 11) is 0. The van der Waals surface area contributed by atoms with Crippen LogP contribution in [0.4, 0.5) is 0 Å². The summed E-state index contributed by atoms with van der Waals surface area (Å²) in [6.07, 6.45) is 3.09. The van der Waals surface area contributed by atoms with Crippen LogP contribution in [0.3, 0.4) is 0 Å². The molecule has 4 heteroatoms. The van der Waals surface area contributed by atoms with Gasteiger partial charge in [-0.3, -0.25) is 4.98 Å². The first-order valence-corrected chi connectivity index (χ1v) is 12.1. The first-order chi connectivity index (χ1) is 13.3. The van der Waals surface area contributed by atoms with Crippen LogP contribution in [-0.4, -0.2) is 4.98 Å². The SMILES string of the molecule is Cc1cc(-c2nccc3c2sc2c4ccc(CC(C)(C)C)cc4sc32)sc1C. The van der Waals surface area contributed by atoms with Crippen LogP contribution in [0.1, 0.15) is 36.8 Å². The molecule has 0 aliphatic heterocycles. The van der Waals surface area contributed by atoms with E-state index < -0.39 is 0 Å². The van der Waals surface area contributed by atoms with Gasteiger partial charge in [-0.2, -0.15) is 0 Å². The highest BCUT2D eigenvalue weighted by Crippen LogP contribution is 2.47. The van der Waals surface area contributed by atoms with Gasteiger partial charge in [0.25, 0.3) is 0 Å². The van der Waals surface area contributed by atoms with Crippen LogP contribution < -0.4 is 0 Å². The summed E-state index contributed by atoms with van der Waals surface area (Å²) in [5.74, 6) is 0. The summed E-state index contributed by atoms with van der Waals surface area (Å²) in [6, 6.07) is 11.5. The fourth-order valence-electron chi connectivity index (χ4n) is 3.82. The maximum absolute atomic E-state index is 4.77. The van der Waals surface area contributed by atoms with Gasteiger partial charge in [-0.25, -0.2) is 0 Å². The van der Waals surface area contributed by atoms with E-state index in [0.29, 0.717) is 5.41 Å². The minimum Gasteiger partial charge on any atom is -0.254 e. The Morgan fingerprint density at radius 1 is 0.857 bits per heavy atom. The third kappa shape index (κ3) is 2.99. The van der Waals surface area contributed by atoms with Gasteiger partial charge in [0.2, 0.25) is 0 Å². The van der Waals surface area contributed by atoms with Crippen LogP contribution >= 0.6 is 34.0 Å². The molecule has 0 fully saturated rings. The monoisotopic (exact) mass is 421 g/mol. The third-order valence-electron chi connectivity index (χ3n) is 5.20. The van der Waals surface area contributed by atoms with Gasteiger partial charge < -0.3 is 0 Å². The Balaban J connectivity index is 1.71. The number of hydrogen-bond donors (Lipinski definition) is 0. The molecular formula is C24H23NS3. The average Bonchev–Trinajstić information content (AvgIpc) is 3.25. The molecule has 0 aliphatic carbocycles. The molecule has 5 aromatic rings. The number of benzene rings is 1. The number of aromatic nitrogens is 1. The van der Waals surface area contributed by atoms with Gasteiger partial charge in [0.15, 0.2) is 0 Å². The van der Waals surface area contributed by atoms with E-state index in [0.717, 1.165) is 12.1 Å². The third-order valence-corrected chi connectivity index (χ3v) is 8.92. The zero-order chi connectivity index (χ0) is 19.6. The van der Waals surface area contributed by atoms with Crippen molar-refractivity contribution in [3.63, 3.8) is 0 Å². The summed E-state index contributed by atoms with van der Waals surface area (Å²) in [5, 5.41) is 2.75. The second kappa shape index (κ2) is 6.38. The van der Waals surface area contributed by atoms with E-state index in [1.807, 2.05) is 40.2 Å². The number of fused-ring (bicyclic) bond motifs is 5. The van der Waals surface area contributed by atoms with Gasteiger partial charge >= 0.3 is 0 Å². The minimum atomic E-state index is 0.312. The molecule has 4 heterocycles. The molecule has 0 amide bonds. The molecule has 5 rings (SSSR count). The topological polar surface area (TPSA) is 12.9 Å². The van der Waals surface area contributed by atoms with Gasteiger partial charge in [-0.1, -0.05) is 32.9 Å². The molecule has 1 aromatic carbocycles. The smallest absolute Gasteiger partial charge is 0.0980 e. The van der Waals surface area contributed by atoms with Crippen molar-refractivity contribution in [2.45, 2.75) is 41.0 Å². The fraction of sp³-hybridized carbons (Fsp3) is 0.292. The summed E-state index contributed by atoms with van der Waals surface area (Å²) < 4.78 is 5.56. The number of pyridine rings is 1. The Labute approximate surface area is 177 Å². The highest BCUT2D eigenvalue weighted by molar-refractivity contribution is 7.36. The minimum absolute atomic E-state index is 0.312. The van der Waals surface area contributed by atoms with E-state index >= 15 is 0 Å². The maximum atomic E-state index is 4.77. The normalized spacial score (nSPS) is 12.6. The van der Waals surface area contributed by atoms with Gasteiger partial charge in [0, 0.05) is 26.5 Å². The highest BCUT2D eigenvalue weighted by atomic mass is 32.1. The second-order valence-electron chi connectivity index (χ2n) is 8.82. The molecule has 0 atom stereocenters. The zero-order valence-corrected chi connectivity index (χ0v) is 19.3. The van der Waals surface area contributed by atoms with E-state index in [-0.39, 0.29) is 0 Å². The van der Waals surface area contributed by atoms with E-state index in [4.69, 9.17) is 4.98 Å². The zero-order valence-electron chi connectivity index (χ0n) is 16.8. The van der Waals surface area contributed by atoms with E-state index in [1.54, 1.807) is 0 Å². The quantitative estimate of drug-likeness (QED) is 0.278. The van der Waals surface area contributed by atoms with Gasteiger partial charge in [0.05, 0.1) is 24.7 Å². The Hall–Kier alpha value is -1.75. The van der Waals surface area contributed by atoms with Crippen molar-refractivity contribution < 1.29 is 0 Å². The molecule has 28 heavy (non-hydrogen) atoms. The fourth-order valence-corrected chi connectivity index (χ4v) is 7.72. The lowest BCUT2D eigenvalue weighted by Gasteiger charge is -2.17. The second-order valence-corrected chi connectivity index (χ2v) is 12.1. The van der Waals surface area contributed by atoms with Crippen LogP contribution in [0.25, 0.3) is 40.1 Å². The molecule has 0 saturated heterocycles. The summed E-state index contributed by atoms with van der Waals surface area (Å²) in [6.45, 7) is 11.3. The summed E-state index contributed by atoms with van der Waals surface area (Å²) in [5.41, 5.74) is 4.25. The molecule has 0 aliphatic rings. The summed E-state index contributed by atoms with van der Waals surface area (Å²) in [4.78, 5) is 7.43. The molecule has 0 N–H and O–H groups in total. The summed E-state index contributed by atoms with van der Waals surface area (Å²) >= 11 is 5.70. The molecule has 0 saturated carbocycles. The van der Waals surface area contributed by atoms with Crippen LogP contribution in [0.2, 0.25) is 0 Å². The van der Waals surface area contributed by atoms with Gasteiger partial charge in [-0.05, 0) is 55.0 Å². The first kappa shape index (κ1) is 18.3. The molecule has 4 aromatic heterocycles. The van der Waals surface area contributed by atoms with Gasteiger partial charge in [0.1, 0.15) is 0 Å². The van der Waals surface area contributed by atoms with Gasteiger partial charge in [-0.15, -0.1) is 34.0 Å². The Morgan fingerprint density at radius 3 is 2.36 bits per heavy atom. The van der Waals surface area contributed by atoms with E-state index in [2.05, 4.69) is 65.0 Å². The number of thiophene rings is 3. The Kier molecular flexibility index (Phi) is 4.17. The van der Waals surface area contributed by atoms with Crippen LogP contribution in [0.15, 0.2) is 36.5 Å². The van der Waals surface area contributed by atoms with Crippen molar-refractivity contribution in [1.82, 2.24) is 4.98 Å². The lowest BCUT2D eigenvalue weighted by Crippen LogP contribution is -2.08. The predicted octanol–water partition coefficient (Wildman–Crippen LogP) is 8.60. The van der Waals surface area contributed by atoms with Crippen molar-refractivity contribution in [2.75, 3.05) is 0 Å². The van der Waals surface area contributed by atoms with Crippen LogP contribution in [0, 0.1) is 19.3 Å². The lowest BCUT2D eigenvalue weighted by molar-refractivity contribution is 0.411. The molecule has 1 nitrogen and oxygen atoms in total. The Morgan fingerprint density at radius 2 is 1.64 bits per heavy atom. The van der Waals surface area contributed by atoms with Crippen molar-refractivity contribution in [3.8, 4) is 10.6 Å². The number of rotatable bonds is 2. The van der Waals surface area contributed by atoms with Crippen LogP contribution in [-0.2, 0) is 6.42 Å². The van der Waals surface area contributed by atoms with Crippen molar-refractivity contribution in [3.05, 3.63) is 52.5 Å². The van der Waals surface area contributed by atoms with E-state index in [1.165, 1.54) is 50.5 Å². The Bertz CT molecular complexity index is 1320. The van der Waals surface area contributed by atoms with Crippen molar-refractivity contribution in [2.24, 2.45) is 5.41 Å². The predicted molar refractivity (Wildman–Crippen MR) is 128 cm³/mol. The standard InChI is InChI=1S/C24H23NS3/c1-13-10-19(26-14(13)2)20-21-17(8-9-25-20)23-22(28-21)16-7-6-15(11-18(16)27-23)12-24(3,4)5/h6-11H,12H2,1-5H3. The van der Waals surface area contributed by atoms with E-state index in [9.17, 15) is 0 Å². The van der Waals surface area contributed by atoms with Crippen molar-refractivity contribution >= 4 is 63.6 Å². The lowest BCUT2D eigenvalue weighted by atomic mass is 9.88. The number of hydrogen-bond acceptors (Lipinski definition) is 4.